The number of rotatable bonds is 5. The van der Waals surface area contributed by atoms with Crippen LogP contribution in [0.5, 0.6) is 0 Å². The van der Waals surface area contributed by atoms with Crippen molar-refractivity contribution in [1.29, 1.82) is 0 Å². The number of carbonyl (C=O) groups is 1. The van der Waals surface area contributed by atoms with Crippen LogP contribution in [-0.2, 0) is 11.3 Å². The lowest BCUT2D eigenvalue weighted by Gasteiger charge is -2.10. The monoisotopic (exact) mass is 447 g/mol. The highest BCUT2D eigenvalue weighted by atomic mass is 35.5. The third kappa shape index (κ3) is 4.16. The van der Waals surface area contributed by atoms with Crippen LogP contribution >= 0.6 is 34.8 Å². The van der Waals surface area contributed by atoms with Crippen LogP contribution in [0.4, 0.5) is 5.69 Å². The van der Waals surface area contributed by atoms with E-state index in [1.54, 1.807) is 12.1 Å². The van der Waals surface area contributed by atoms with E-state index in [1.807, 2.05) is 48.9 Å². The summed E-state index contributed by atoms with van der Waals surface area (Å²) in [5, 5.41) is 9.54. The Morgan fingerprint density at radius 2 is 1.76 bits per heavy atom. The number of benzene rings is 2. The van der Waals surface area contributed by atoms with E-state index in [-0.39, 0.29) is 17.7 Å². The van der Waals surface area contributed by atoms with Crippen molar-refractivity contribution >= 4 is 46.4 Å². The summed E-state index contributed by atoms with van der Waals surface area (Å²) in [5.74, 6) is 0.229. The molecule has 29 heavy (non-hydrogen) atoms. The van der Waals surface area contributed by atoms with Crippen molar-refractivity contribution in [3.63, 3.8) is 0 Å². The molecule has 0 aliphatic heterocycles. The maximum absolute atomic E-state index is 12.8. The van der Waals surface area contributed by atoms with Crippen LogP contribution in [0.3, 0.4) is 0 Å². The summed E-state index contributed by atoms with van der Waals surface area (Å²) in [6, 6.07) is 13.1. The zero-order valence-electron chi connectivity index (χ0n) is 16.0. The van der Waals surface area contributed by atoms with E-state index in [1.165, 1.54) is 0 Å². The fourth-order valence-electron chi connectivity index (χ4n) is 3.64. The summed E-state index contributed by atoms with van der Waals surface area (Å²) in [5.41, 5.74) is 4.34. The first-order valence-corrected chi connectivity index (χ1v) is 10.5. The van der Waals surface area contributed by atoms with Crippen molar-refractivity contribution < 1.29 is 4.79 Å². The predicted molar refractivity (Wildman–Crippen MR) is 118 cm³/mol. The van der Waals surface area contributed by atoms with Crippen LogP contribution in [0.15, 0.2) is 42.5 Å². The summed E-state index contributed by atoms with van der Waals surface area (Å²) in [6.07, 6.45) is 0.842. The Kier molecular flexibility index (Phi) is 5.60. The van der Waals surface area contributed by atoms with Crippen LogP contribution in [0.2, 0.25) is 15.1 Å². The van der Waals surface area contributed by atoms with Gasteiger partial charge in [0.25, 0.3) is 0 Å². The summed E-state index contributed by atoms with van der Waals surface area (Å²) < 4.78 is 1.82. The number of amides is 1. The highest BCUT2D eigenvalue weighted by Gasteiger charge is 2.44. The van der Waals surface area contributed by atoms with Crippen molar-refractivity contribution in [2.24, 2.45) is 5.92 Å². The molecule has 1 N–H and O–H groups in total. The van der Waals surface area contributed by atoms with Crippen molar-refractivity contribution in [2.75, 3.05) is 5.32 Å². The highest BCUT2D eigenvalue weighted by Crippen LogP contribution is 2.48. The number of halogens is 3. The first-order valence-electron chi connectivity index (χ1n) is 9.38. The summed E-state index contributed by atoms with van der Waals surface area (Å²) in [4.78, 5) is 12.8. The SMILES string of the molecule is Cc1nn(Cc2c(Cl)cccc2Cl)c(C)c1NC(=O)C1CC1c1ccc(Cl)cc1. The molecule has 1 fully saturated rings. The van der Waals surface area contributed by atoms with E-state index < -0.39 is 0 Å². The second-order valence-corrected chi connectivity index (χ2v) is 8.64. The smallest absolute Gasteiger partial charge is 0.228 e. The molecule has 150 valence electrons. The average molecular weight is 449 g/mol. The Labute approximate surface area is 184 Å². The molecule has 2 atom stereocenters. The van der Waals surface area contributed by atoms with Crippen molar-refractivity contribution in [3.8, 4) is 0 Å². The molecule has 0 bridgehead atoms. The van der Waals surface area contributed by atoms with E-state index in [2.05, 4.69) is 10.4 Å². The zero-order valence-corrected chi connectivity index (χ0v) is 18.3. The predicted octanol–water partition coefficient (Wildman–Crippen LogP) is 6.25. The van der Waals surface area contributed by atoms with Gasteiger partial charge in [-0.1, -0.05) is 53.0 Å². The quantitative estimate of drug-likeness (QED) is 0.501. The lowest BCUT2D eigenvalue weighted by Crippen LogP contribution is -2.16. The van der Waals surface area contributed by atoms with Crippen molar-refractivity contribution in [3.05, 3.63) is 80.0 Å². The first kappa shape index (κ1) is 20.3. The maximum atomic E-state index is 12.8. The van der Waals surface area contributed by atoms with Gasteiger partial charge in [-0.2, -0.15) is 5.10 Å². The van der Waals surface area contributed by atoms with Gasteiger partial charge in [0, 0.05) is 26.5 Å². The van der Waals surface area contributed by atoms with Crippen LogP contribution in [-0.4, -0.2) is 15.7 Å². The van der Waals surface area contributed by atoms with E-state index in [4.69, 9.17) is 34.8 Å². The van der Waals surface area contributed by atoms with Crippen LogP contribution in [0.25, 0.3) is 0 Å². The van der Waals surface area contributed by atoms with Gasteiger partial charge < -0.3 is 5.32 Å². The Balaban J connectivity index is 1.49. The molecule has 1 aliphatic rings. The highest BCUT2D eigenvalue weighted by molar-refractivity contribution is 6.36. The number of nitrogens with one attached hydrogen (secondary N) is 1. The first-order chi connectivity index (χ1) is 13.8. The second-order valence-electron chi connectivity index (χ2n) is 7.39. The summed E-state index contributed by atoms with van der Waals surface area (Å²) in [6.45, 7) is 4.26. The van der Waals surface area contributed by atoms with Crippen LogP contribution in [0.1, 0.15) is 34.9 Å². The number of anilines is 1. The third-order valence-electron chi connectivity index (χ3n) is 5.42. The second kappa shape index (κ2) is 8.02. The molecule has 2 unspecified atom stereocenters. The number of aromatic nitrogens is 2. The lowest BCUT2D eigenvalue weighted by atomic mass is 10.1. The topological polar surface area (TPSA) is 46.9 Å². The molecule has 0 spiro atoms. The average Bonchev–Trinajstić information content (AvgIpc) is 3.44. The molecule has 3 aromatic rings. The van der Waals surface area contributed by atoms with E-state index in [9.17, 15) is 4.79 Å². The Bertz CT molecular complexity index is 1060. The van der Waals surface area contributed by atoms with Gasteiger partial charge in [0.05, 0.1) is 23.6 Å². The van der Waals surface area contributed by atoms with E-state index in [0.717, 1.165) is 34.6 Å². The van der Waals surface area contributed by atoms with E-state index in [0.29, 0.717) is 21.6 Å². The Morgan fingerprint density at radius 1 is 1.10 bits per heavy atom. The minimum Gasteiger partial charge on any atom is -0.323 e. The molecule has 4 rings (SSSR count). The third-order valence-corrected chi connectivity index (χ3v) is 6.38. The normalized spacial score (nSPS) is 18.0. The standard InChI is InChI=1S/C22H20Cl3N3O/c1-12-21(13(2)28(27-12)11-18-19(24)4-3-5-20(18)25)26-22(29)17-10-16(17)14-6-8-15(23)9-7-14/h3-9,16-17H,10-11H2,1-2H3,(H,26,29). The van der Waals surface area contributed by atoms with Gasteiger partial charge in [-0.3, -0.25) is 9.48 Å². The Hall–Kier alpha value is -2.01. The van der Waals surface area contributed by atoms with Crippen molar-refractivity contribution in [2.45, 2.75) is 32.7 Å². The molecular weight excluding hydrogens is 429 g/mol. The summed E-state index contributed by atoms with van der Waals surface area (Å²) in [7, 11) is 0. The molecule has 0 saturated heterocycles. The van der Waals surface area contributed by atoms with Gasteiger partial charge in [-0.25, -0.2) is 0 Å². The number of carbonyl (C=O) groups excluding carboxylic acids is 1. The van der Waals surface area contributed by atoms with Crippen molar-refractivity contribution in [1.82, 2.24) is 9.78 Å². The molecule has 1 aromatic heterocycles. The largest absolute Gasteiger partial charge is 0.323 e. The van der Waals surface area contributed by atoms with Gasteiger partial charge >= 0.3 is 0 Å². The number of aryl methyl sites for hydroxylation is 1. The zero-order chi connectivity index (χ0) is 20.7. The number of nitrogens with zero attached hydrogens (tertiary/aromatic N) is 2. The molecule has 1 saturated carbocycles. The molecule has 7 heteroatoms. The van der Waals surface area contributed by atoms with Gasteiger partial charge in [-0.15, -0.1) is 0 Å². The van der Waals surface area contributed by atoms with Crippen LogP contribution in [0, 0.1) is 19.8 Å². The fourth-order valence-corrected chi connectivity index (χ4v) is 4.29. The maximum Gasteiger partial charge on any atom is 0.228 e. The fraction of sp³-hybridized carbons (Fsp3) is 0.273. The molecule has 4 nitrogen and oxygen atoms in total. The number of hydrogen-bond donors (Lipinski definition) is 1. The lowest BCUT2D eigenvalue weighted by molar-refractivity contribution is -0.117. The number of hydrogen-bond acceptors (Lipinski definition) is 2. The van der Waals surface area contributed by atoms with Gasteiger partial charge in [-0.05, 0) is 56.0 Å². The minimum absolute atomic E-state index is 0.0199. The molecule has 1 amide bonds. The van der Waals surface area contributed by atoms with E-state index >= 15 is 0 Å². The van der Waals surface area contributed by atoms with Crippen LogP contribution < -0.4 is 5.32 Å². The van der Waals surface area contributed by atoms with Gasteiger partial charge in [0.15, 0.2) is 0 Å². The minimum atomic E-state index is -0.0312. The molecular formula is C22H20Cl3N3O. The summed E-state index contributed by atoms with van der Waals surface area (Å²) >= 11 is 18.5. The molecule has 2 aromatic carbocycles. The van der Waals surface area contributed by atoms with Gasteiger partial charge in [0.1, 0.15) is 0 Å². The molecule has 1 aliphatic carbocycles. The van der Waals surface area contributed by atoms with Gasteiger partial charge in [0.2, 0.25) is 5.91 Å². The molecule has 1 heterocycles. The molecule has 0 radical (unpaired) electrons. The Morgan fingerprint density at radius 3 is 2.41 bits per heavy atom.